The van der Waals surface area contributed by atoms with E-state index in [1.165, 1.54) is 16.7 Å². The minimum atomic E-state index is -0.992. The van der Waals surface area contributed by atoms with Gasteiger partial charge < -0.3 is 14.8 Å². The number of alkyl carbamates (subject to hydrolysis) is 1. The van der Waals surface area contributed by atoms with E-state index in [0.29, 0.717) is 17.7 Å². The number of carbonyl (C=O) groups is 4. The van der Waals surface area contributed by atoms with Crippen LogP contribution < -0.4 is 10.2 Å². The van der Waals surface area contributed by atoms with Crippen molar-refractivity contribution in [3.63, 3.8) is 0 Å². The quantitative estimate of drug-likeness (QED) is 0.364. The molecule has 1 aliphatic heterocycles. The fourth-order valence-corrected chi connectivity index (χ4v) is 5.19. The molecule has 1 aliphatic rings. The topological polar surface area (TPSA) is 102 Å². The van der Waals surface area contributed by atoms with Crippen LogP contribution in [0.15, 0.2) is 53.4 Å². The summed E-state index contributed by atoms with van der Waals surface area (Å²) in [7, 11) is 0. The van der Waals surface area contributed by atoms with E-state index in [1.807, 2.05) is 32.9 Å². The number of aryl methyl sites for hydroxylation is 1. The molecule has 2 amide bonds. The van der Waals surface area contributed by atoms with E-state index in [2.05, 4.69) is 5.32 Å². The van der Waals surface area contributed by atoms with Gasteiger partial charge in [-0.25, -0.2) is 9.59 Å². The number of rotatable bonds is 8. The Balaban J connectivity index is 1.92. The summed E-state index contributed by atoms with van der Waals surface area (Å²) in [5.74, 6) is -1.15. The van der Waals surface area contributed by atoms with Crippen molar-refractivity contribution in [1.82, 2.24) is 5.32 Å². The molecule has 0 aliphatic carbocycles. The maximum Gasteiger partial charge on any atom is 0.408 e. The Bertz CT molecular complexity index is 1180. The SMILES string of the molecule is Cc1ccc2c(c1)SC[C@H](NC(=O)OC(C)(C)C)C(=O)N2[C@@H](CC(C)C)C(=O)OCC(=O)c1ccccc1. The van der Waals surface area contributed by atoms with Gasteiger partial charge in [-0.3, -0.25) is 14.5 Å². The second kappa shape index (κ2) is 12.5. The van der Waals surface area contributed by atoms with Crippen LogP contribution in [0.4, 0.5) is 10.5 Å². The van der Waals surface area contributed by atoms with E-state index in [9.17, 15) is 19.2 Å². The van der Waals surface area contributed by atoms with Gasteiger partial charge in [0.2, 0.25) is 0 Å². The molecular weight excluding hydrogens is 504 g/mol. The highest BCUT2D eigenvalue weighted by atomic mass is 32.2. The van der Waals surface area contributed by atoms with Gasteiger partial charge >= 0.3 is 12.1 Å². The lowest BCUT2D eigenvalue weighted by Crippen LogP contribution is -2.55. The molecule has 0 spiro atoms. The predicted octanol–water partition coefficient (Wildman–Crippen LogP) is 5.17. The van der Waals surface area contributed by atoms with Gasteiger partial charge in [0.25, 0.3) is 5.91 Å². The van der Waals surface area contributed by atoms with E-state index in [1.54, 1.807) is 57.2 Å². The Morgan fingerprint density at radius 2 is 1.79 bits per heavy atom. The second-order valence-electron chi connectivity index (χ2n) is 10.7. The van der Waals surface area contributed by atoms with Crippen LogP contribution in [0, 0.1) is 12.8 Å². The predicted molar refractivity (Wildman–Crippen MR) is 148 cm³/mol. The molecule has 3 rings (SSSR count). The summed E-state index contributed by atoms with van der Waals surface area (Å²) in [5, 5.41) is 2.68. The number of Topliss-reactive ketones (excluding diaryl/α,β-unsaturated/α-hetero) is 1. The largest absolute Gasteiger partial charge is 0.456 e. The number of ether oxygens (including phenoxy) is 2. The summed E-state index contributed by atoms with van der Waals surface area (Å²) in [5.41, 5.74) is 1.26. The standard InChI is InChI=1S/C29H36N2O6S/c1-18(2)14-23(27(34)36-16-24(32)20-10-8-7-9-11-20)31-22-13-12-19(3)15-25(22)38-17-21(26(31)33)30-28(35)37-29(4,5)6/h7-13,15,18,21,23H,14,16-17H2,1-6H3,(H,30,35)/t21-,23-/m0/s1. The molecule has 1 heterocycles. The summed E-state index contributed by atoms with van der Waals surface area (Å²) in [6, 6.07) is 12.3. The van der Waals surface area contributed by atoms with Gasteiger partial charge in [-0.1, -0.05) is 50.2 Å². The maximum absolute atomic E-state index is 13.9. The van der Waals surface area contributed by atoms with Crippen molar-refractivity contribution in [2.45, 2.75) is 70.5 Å². The van der Waals surface area contributed by atoms with Gasteiger partial charge in [-0.15, -0.1) is 11.8 Å². The number of ketones is 1. The number of amides is 2. The maximum atomic E-state index is 13.9. The Morgan fingerprint density at radius 3 is 2.42 bits per heavy atom. The van der Waals surface area contributed by atoms with Crippen molar-refractivity contribution < 1.29 is 28.7 Å². The highest BCUT2D eigenvalue weighted by Crippen LogP contribution is 2.37. The first-order valence-electron chi connectivity index (χ1n) is 12.7. The van der Waals surface area contributed by atoms with E-state index in [0.717, 1.165) is 10.5 Å². The first-order valence-corrected chi connectivity index (χ1v) is 13.6. The van der Waals surface area contributed by atoms with Crippen LogP contribution in [-0.2, 0) is 19.1 Å². The van der Waals surface area contributed by atoms with Crippen LogP contribution in [-0.4, -0.2) is 53.8 Å². The summed E-state index contributed by atoms with van der Waals surface area (Å²) >= 11 is 1.42. The number of fused-ring (bicyclic) bond motifs is 1. The number of nitrogens with zero attached hydrogens (tertiary/aromatic N) is 1. The molecule has 1 N–H and O–H groups in total. The van der Waals surface area contributed by atoms with Gasteiger partial charge in [0.05, 0.1) is 5.69 Å². The first kappa shape index (κ1) is 29.2. The summed E-state index contributed by atoms with van der Waals surface area (Å²) < 4.78 is 10.9. The zero-order valence-corrected chi connectivity index (χ0v) is 23.6. The van der Waals surface area contributed by atoms with E-state index >= 15 is 0 Å². The molecule has 0 saturated heterocycles. The van der Waals surface area contributed by atoms with Crippen LogP contribution in [0.2, 0.25) is 0 Å². The Morgan fingerprint density at radius 1 is 1.11 bits per heavy atom. The number of hydrogen-bond donors (Lipinski definition) is 1. The highest BCUT2D eigenvalue weighted by Gasteiger charge is 2.40. The molecule has 8 nitrogen and oxygen atoms in total. The third-order valence-corrected chi connectivity index (χ3v) is 6.86. The molecule has 9 heteroatoms. The lowest BCUT2D eigenvalue weighted by molar-refractivity contribution is -0.145. The normalized spacial score (nSPS) is 16.3. The Kier molecular flexibility index (Phi) is 9.60. The number of thioether (sulfide) groups is 1. The molecule has 0 saturated carbocycles. The molecular formula is C29H36N2O6S. The van der Waals surface area contributed by atoms with Crippen molar-refractivity contribution in [3.8, 4) is 0 Å². The van der Waals surface area contributed by atoms with Gasteiger partial charge in [0.1, 0.15) is 17.7 Å². The van der Waals surface area contributed by atoms with Crippen molar-refractivity contribution >= 4 is 41.2 Å². The third-order valence-electron chi connectivity index (χ3n) is 5.73. The average molecular weight is 541 g/mol. The Hall–Kier alpha value is -3.33. The fraction of sp³-hybridized carbons (Fsp3) is 0.448. The number of anilines is 1. The van der Waals surface area contributed by atoms with Crippen molar-refractivity contribution in [2.75, 3.05) is 17.3 Å². The number of carbonyl (C=O) groups excluding carboxylic acids is 4. The summed E-state index contributed by atoms with van der Waals surface area (Å²) in [6.07, 6.45) is -0.406. The van der Waals surface area contributed by atoms with Crippen LogP contribution in [0.25, 0.3) is 0 Å². The molecule has 0 fully saturated rings. The Labute approximate surface area is 228 Å². The molecule has 0 unspecified atom stereocenters. The number of hydrogen-bond acceptors (Lipinski definition) is 7. The average Bonchev–Trinajstić information content (AvgIpc) is 2.96. The van der Waals surface area contributed by atoms with Gasteiger partial charge in [0.15, 0.2) is 12.4 Å². The smallest absolute Gasteiger partial charge is 0.408 e. The summed E-state index contributed by atoms with van der Waals surface area (Å²) in [4.78, 5) is 54.8. The van der Waals surface area contributed by atoms with E-state index < -0.39 is 42.3 Å². The zero-order valence-electron chi connectivity index (χ0n) is 22.8. The molecule has 2 aromatic rings. The van der Waals surface area contributed by atoms with Crippen LogP contribution in [0.1, 0.15) is 57.0 Å². The zero-order chi connectivity index (χ0) is 28.0. The second-order valence-corrected chi connectivity index (χ2v) is 11.8. The lowest BCUT2D eigenvalue weighted by atomic mass is 10.0. The van der Waals surface area contributed by atoms with E-state index in [-0.39, 0.29) is 17.5 Å². The molecule has 204 valence electrons. The molecule has 2 aromatic carbocycles. The van der Waals surface area contributed by atoms with Crippen molar-refractivity contribution in [1.29, 1.82) is 0 Å². The van der Waals surface area contributed by atoms with Gasteiger partial charge in [0, 0.05) is 16.2 Å². The molecule has 38 heavy (non-hydrogen) atoms. The van der Waals surface area contributed by atoms with E-state index in [4.69, 9.17) is 9.47 Å². The number of nitrogens with one attached hydrogen (secondary N) is 1. The van der Waals surface area contributed by atoms with Gasteiger partial charge in [-0.2, -0.15) is 0 Å². The van der Waals surface area contributed by atoms with Crippen LogP contribution in [0.5, 0.6) is 0 Å². The van der Waals surface area contributed by atoms with Crippen LogP contribution in [0.3, 0.4) is 0 Å². The molecule has 2 atom stereocenters. The van der Waals surface area contributed by atoms with Crippen molar-refractivity contribution in [3.05, 3.63) is 59.7 Å². The fourth-order valence-electron chi connectivity index (χ4n) is 4.04. The van der Waals surface area contributed by atoms with Gasteiger partial charge in [-0.05, 0) is 57.7 Å². The minimum Gasteiger partial charge on any atom is -0.456 e. The third kappa shape index (κ3) is 7.84. The molecule has 0 aromatic heterocycles. The number of benzene rings is 2. The molecule has 0 bridgehead atoms. The van der Waals surface area contributed by atoms with Crippen molar-refractivity contribution in [2.24, 2.45) is 5.92 Å². The number of esters is 1. The first-order chi connectivity index (χ1) is 17.9. The minimum absolute atomic E-state index is 0.0345. The summed E-state index contributed by atoms with van der Waals surface area (Å²) in [6.45, 7) is 10.6. The monoisotopic (exact) mass is 540 g/mol. The molecule has 0 radical (unpaired) electrons. The lowest BCUT2D eigenvalue weighted by Gasteiger charge is -2.33. The highest BCUT2D eigenvalue weighted by molar-refractivity contribution is 7.99. The van der Waals surface area contributed by atoms with Crippen LogP contribution >= 0.6 is 11.8 Å².